The number of rotatable bonds is 3. The van der Waals surface area contributed by atoms with E-state index in [1.165, 1.54) is 0 Å². The number of alkyl halides is 1. The fourth-order valence-electron chi connectivity index (χ4n) is 1.67. The smallest absolute Gasteiger partial charge is 0.173 e. The Morgan fingerprint density at radius 3 is 2.25 bits per heavy atom. The van der Waals surface area contributed by atoms with Crippen molar-refractivity contribution in [2.75, 3.05) is 5.33 Å². The molecule has 2 aromatic rings. The molecule has 0 heterocycles. The molecule has 0 bridgehead atoms. The van der Waals surface area contributed by atoms with Crippen molar-refractivity contribution >= 4 is 21.7 Å². The van der Waals surface area contributed by atoms with E-state index >= 15 is 0 Å². The molecule has 0 aromatic heterocycles. The molecule has 0 aliphatic heterocycles. The highest BCUT2D eigenvalue weighted by molar-refractivity contribution is 9.09. The van der Waals surface area contributed by atoms with E-state index in [0.717, 1.165) is 16.7 Å². The normalized spacial score (nSPS) is 10.1. The van der Waals surface area contributed by atoms with Gasteiger partial charge in [0.1, 0.15) is 0 Å². The van der Waals surface area contributed by atoms with Crippen molar-refractivity contribution in [1.29, 1.82) is 0 Å². The SMILES string of the molecule is O=C(CBr)c1ccccc1-c1ccccc1. The van der Waals surface area contributed by atoms with E-state index in [0.29, 0.717) is 5.33 Å². The Bertz CT molecular complexity index is 491. The predicted molar refractivity (Wildman–Crippen MR) is 70.0 cm³/mol. The van der Waals surface area contributed by atoms with E-state index in [2.05, 4.69) is 15.9 Å². The number of hydrogen-bond donors (Lipinski definition) is 0. The molecule has 2 aromatic carbocycles. The van der Waals surface area contributed by atoms with Crippen molar-refractivity contribution in [2.24, 2.45) is 0 Å². The molecule has 0 N–H and O–H groups in total. The first-order chi connectivity index (χ1) is 7.83. The second kappa shape index (κ2) is 5.08. The van der Waals surface area contributed by atoms with Gasteiger partial charge in [-0.25, -0.2) is 0 Å². The maximum Gasteiger partial charge on any atom is 0.173 e. The Kier molecular flexibility index (Phi) is 3.52. The minimum atomic E-state index is 0.111. The average Bonchev–Trinajstić information content (AvgIpc) is 2.39. The van der Waals surface area contributed by atoms with Crippen molar-refractivity contribution in [3.8, 4) is 11.1 Å². The summed E-state index contributed by atoms with van der Waals surface area (Å²) < 4.78 is 0. The van der Waals surface area contributed by atoms with Crippen LogP contribution >= 0.6 is 15.9 Å². The lowest BCUT2D eigenvalue weighted by atomic mass is 9.98. The molecule has 2 heteroatoms. The number of carbonyl (C=O) groups excluding carboxylic acids is 1. The maximum absolute atomic E-state index is 11.8. The predicted octanol–water partition coefficient (Wildman–Crippen LogP) is 3.93. The van der Waals surface area contributed by atoms with Crippen LogP contribution in [0, 0.1) is 0 Å². The number of carbonyl (C=O) groups is 1. The standard InChI is InChI=1S/C14H11BrO/c15-10-14(16)13-9-5-4-8-12(13)11-6-2-1-3-7-11/h1-9H,10H2. The fraction of sp³-hybridized carbons (Fsp3) is 0.0714. The van der Waals surface area contributed by atoms with Gasteiger partial charge in [0, 0.05) is 5.56 Å². The molecule has 0 saturated carbocycles. The van der Waals surface area contributed by atoms with Crippen LogP contribution in [0.1, 0.15) is 10.4 Å². The molecule has 0 unspecified atom stereocenters. The van der Waals surface area contributed by atoms with E-state index in [1.54, 1.807) is 0 Å². The van der Waals surface area contributed by atoms with Crippen LogP contribution < -0.4 is 0 Å². The number of hydrogen-bond acceptors (Lipinski definition) is 1. The Hall–Kier alpha value is -1.41. The first-order valence-electron chi connectivity index (χ1n) is 5.06. The van der Waals surface area contributed by atoms with Gasteiger partial charge >= 0.3 is 0 Å². The highest BCUT2D eigenvalue weighted by Gasteiger charge is 2.10. The molecule has 0 atom stereocenters. The van der Waals surface area contributed by atoms with Crippen LogP contribution in [0.3, 0.4) is 0 Å². The zero-order valence-electron chi connectivity index (χ0n) is 8.69. The molecule has 0 radical (unpaired) electrons. The van der Waals surface area contributed by atoms with Crippen LogP contribution in [-0.4, -0.2) is 11.1 Å². The minimum Gasteiger partial charge on any atom is -0.293 e. The average molecular weight is 275 g/mol. The van der Waals surface area contributed by atoms with Crippen molar-refractivity contribution in [3.63, 3.8) is 0 Å². The van der Waals surface area contributed by atoms with E-state index in [-0.39, 0.29) is 5.78 Å². The summed E-state index contributed by atoms with van der Waals surface area (Å²) in [4.78, 5) is 11.8. The lowest BCUT2D eigenvalue weighted by Crippen LogP contribution is -2.02. The topological polar surface area (TPSA) is 17.1 Å². The molecular formula is C14H11BrO. The molecule has 1 nitrogen and oxygen atoms in total. The summed E-state index contributed by atoms with van der Waals surface area (Å²) >= 11 is 3.21. The van der Waals surface area contributed by atoms with Crippen molar-refractivity contribution < 1.29 is 4.79 Å². The molecule has 0 aliphatic carbocycles. The van der Waals surface area contributed by atoms with E-state index in [9.17, 15) is 4.79 Å². The van der Waals surface area contributed by atoms with Gasteiger partial charge in [0.15, 0.2) is 5.78 Å². The van der Waals surface area contributed by atoms with Gasteiger partial charge in [-0.1, -0.05) is 70.5 Å². The highest BCUT2D eigenvalue weighted by atomic mass is 79.9. The highest BCUT2D eigenvalue weighted by Crippen LogP contribution is 2.23. The van der Waals surface area contributed by atoms with Crippen LogP contribution in [0.5, 0.6) is 0 Å². The first kappa shape index (κ1) is 11.1. The minimum absolute atomic E-state index is 0.111. The second-order valence-electron chi connectivity index (χ2n) is 3.47. The van der Waals surface area contributed by atoms with Gasteiger partial charge < -0.3 is 0 Å². The van der Waals surface area contributed by atoms with Gasteiger partial charge in [-0.2, -0.15) is 0 Å². The Morgan fingerprint density at radius 2 is 1.56 bits per heavy atom. The summed E-state index contributed by atoms with van der Waals surface area (Å²) in [5, 5.41) is 0.358. The Balaban J connectivity index is 2.53. The van der Waals surface area contributed by atoms with Gasteiger partial charge in [-0.05, 0) is 11.1 Å². The monoisotopic (exact) mass is 274 g/mol. The van der Waals surface area contributed by atoms with Gasteiger partial charge in [0.25, 0.3) is 0 Å². The quantitative estimate of drug-likeness (QED) is 0.612. The summed E-state index contributed by atoms with van der Waals surface area (Å²) in [5.41, 5.74) is 2.84. The van der Waals surface area contributed by atoms with Gasteiger partial charge in [-0.15, -0.1) is 0 Å². The van der Waals surface area contributed by atoms with Gasteiger partial charge in [0.05, 0.1) is 5.33 Å². The Labute approximate surface area is 103 Å². The van der Waals surface area contributed by atoms with E-state index < -0.39 is 0 Å². The third kappa shape index (κ3) is 2.22. The molecule has 0 spiro atoms. The third-order valence-electron chi connectivity index (χ3n) is 2.43. The van der Waals surface area contributed by atoms with E-state index in [1.807, 2.05) is 54.6 Å². The lowest BCUT2D eigenvalue weighted by molar-refractivity contribution is 0.102. The molecule has 80 valence electrons. The third-order valence-corrected chi connectivity index (χ3v) is 2.94. The van der Waals surface area contributed by atoms with Crippen LogP contribution in [0.15, 0.2) is 54.6 Å². The molecule has 0 fully saturated rings. The van der Waals surface area contributed by atoms with Crippen LogP contribution in [0.2, 0.25) is 0 Å². The summed E-state index contributed by atoms with van der Waals surface area (Å²) in [7, 11) is 0. The van der Waals surface area contributed by atoms with Crippen molar-refractivity contribution in [3.05, 3.63) is 60.2 Å². The van der Waals surface area contributed by atoms with Crippen molar-refractivity contribution in [1.82, 2.24) is 0 Å². The number of halogens is 1. The number of ketones is 1. The zero-order chi connectivity index (χ0) is 11.4. The fourth-order valence-corrected chi connectivity index (χ4v) is 1.97. The van der Waals surface area contributed by atoms with E-state index in [4.69, 9.17) is 0 Å². The molecule has 2 rings (SSSR count). The molecule has 0 amide bonds. The van der Waals surface area contributed by atoms with Crippen LogP contribution in [0.25, 0.3) is 11.1 Å². The summed E-state index contributed by atoms with van der Waals surface area (Å²) in [6, 6.07) is 17.6. The first-order valence-corrected chi connectivity index (χ1v) is 6.18. The van der Waals surface area contributed by atoms with Gasteiger partial charge in [-0.3, -0.25) is 4.79 Å². The largest absolute Gasteiger partial charge is 0.293 e. The maximum atomic E-state index is 11.8. The van der Waals surface area contributed by atoms with Crippen LogP contribution in [0.4, 0.5) is 0 Å². The second-order valence-corrected chi connectivity index (χ2v) is 4.03. The Morgan fingerprint density at radius 1 is 0.938 bits per heavy atom. The summed E-state index contributed by atoms with van der Waals surface area (Å²) in [5.74, 6) is 0.111. The lowest BCUT2D eigenvalue weighted by Gasteiger charge is -2.07. The zero-order valence-corrected chi connectivity index (χ0v) is 10.3. The molecule has 16 heavy (non-hydrogen) atoms. The summed E-state index contributed by atoms with van der Waals surface area (Å²) in [6.45, 7) is 0. The molecule has 0 aliphatic rings. The summed E-state index contributed by atoms with van der Waals surface area (Å²) in [6.07, 6.45) is 0. The van der Waals surface area contributed by atoms with Gasteiger partial charge in [0.2, 0.25) is 0 Å². The molecular weight excluding hydrogens is 264 g/mol. The number of Topliss-reactive ketones (excluding diaryl/α,β-unsaturated/α-hetero) is 1. The van der Waals surface area contributed by atoms with Crippen LogP contribution in [-0.2, 0) is 0 Å². The molecule has 0 saturated heterocycles. The number of benzene rings is 2. The van der Waals surface area contributed by atoms with Crippen molar-refractivity contribution in [2.45, 2.75) is 0 Å².